The number of benzene rings is 3. The van der Waals surface area contributed by atoms with Crippen LogP contribution in [0.4, 0.5) is 5.69 Å². The molecule has 1 aromatic heterocycles. The summed E-state index contributed by atoms with van der Waals surface area (Å²) in [6.07, 6.45) is 4.40. The van der Waals surface area contributed by atoms with Crippen LogP contribution in [0, 0.1) is 6.92 Å². The van der Waals surface area contributed by atoms with Crippen LogP contribution in [0.5, 0.6) is 17.2 Å². The quantitative estimate of drug-likeness (QED) is 0.210. The molecule has 0 N–H and O–H groups in total. The smallest absolute Gasteiger partial charge is 0.295 e. The van der Waals surface area contributed by atoms with Gasteiger partial charge in [0.15, 0.2) is 16.9 Å². The van der Waals surface area contributed by atoms with Gasteiger partial charge in [-0.2, -0.15) is 0 Å². The maximum atomic E-state index is 13.9. The number of carbonyl (C=O) groups excluding carboxylic acids is 1. The molecular weight excluding hydrogens is 494 g/mol. The van der Waals surface area contributed by atoms with Gasteiger partial charge in [-0.15, -0.1) is 0 Å². The van der Waals surface area contributed by atoms with E-state index in [-0.39, 0.29) is 17.1 Å². The zero-order valence-electron chi connectivity index (χ0n) is 22.8. The van der Waals surface area contributed by atoms with Crippen molar-refractivity contribution in [2.24, 2.45) is 0 Å². The molecule has 0 radical (unpaired) electrons. The van der Waals surface area contributed by atoms with E-state index in [2.05, 4.69) is 6.92 Å². The van der Waals surface area contributed by atoms with Crippen molar-refractivity contribution in [3.8, 4) is 17.2 Å². The van der Waals surface area contributed by atoms with Crippen molar-refractivity contribution in [3.63, 3.8) is 0 Å². The zero-order valence-corrected chi connectivity index (χ0v) is 22.8. The third-order valence-corrected chi connectivity index (χ3v) is 7.14. The van der Waals surface area contributed by atoms with Gasteiger partial charge in [0.05, 0.1) is 37.8 Å². The van der Waals surface area contributed by atoms with E-state index in [1.807, 2.05) is 31.2 Å². The van der Waals surface area contributed by atoms with Crippen molar-refractivity contribution in [2.75, 3.05) is 25.7 Å². The molecule has 39 heavy (non-hydrogen) atoms. The molecule has 0 saturated heterocycles. The SMILES string of the molecule is CCCCCCOc1ccc(C2c3c(oc4ccc(C)cc4c3=O)C(=O)N2c2ccc(OC)cc2)cc1OC. The van der Waals surface area contributed by atoms with E-state index in [0.717, 1.165) is 24.8 Å². The van der Waals surface area contributed by atoms with Gasteiger partial charge < -0.3 is 18.6 Å². The molecule has 0 bridgehead atoms. The second-order valence-corrected chi connectivity index (χ2v) is 9.77. The van der Waals surface area contributed by atoms with Gasteiger partial charge in [0.2, 0.25) is 5.76 Å². The number of fused-ring (bicyclic) bond motifs is 2. The molecule has 202 valence electrons. The Morgan fingerprint density at radius 1 is 0.872 bits per heavy atom. The monoisotopic (exact) mass is 527 g/mol. The van der Waals surface area contributed by atoms with Crippen LogP contribution in [0.25, 0.3) is 11.0 Å². The fourth-order valence-corrected chi connectivity index (χ4v) is 5.10. The highest BCUT2D eigenvalue weighted by Crippen LogP contribution is 2.43. The lowest BCUT2D eigenvalue weighted by Gasteiger charge is -2.26. The lowest BCUT2D eigenvalue weighted by Crippen LogP contribution is -2.29. The first-order valence-corrected chi connectivity index (χ1v) is 13.3. The van der Waals surface area contributed by atoms with E-state index >= 15 is 0 Å². The predicted octanol–water partition coefficient (Wildman–Crippen LogP) is 6.83. The Hall–Kier alpha value is -4.26. The van der Waals surface area contributed by atoms with Crippen molar-refractivity contribution >= 4 is 22.6 Å². The van der Waals surface area contributed by atoms with E-state index in [9.17, 15) is 9.59 Å². The molecule has 1 atom stereocenters. The summed E-state index contributed by atoms with van der Waals surface area (Å²) in [4.78, 5) is 29.4. The van der Waals surface area contributed by atoms with Crippen LogP contribution in [0.2, 0.25) is 0 Å². The van der Waals surface area contributed by atoms with Gasteiger partial charge in [-0.25, -0.2) is 0 Å². The Labute approximate surface area is 227 Å². The summed E-state index contributed by atoms with van der Waals surface area (Å²) in [5.74, 6) is 1.50. The molecule has 0 fully saturated rings. The molecule has 1 aliphatic heterocycles. The van der Waals surface area contributed by atoms with Crippen molar-refractivity contribution in [2.45, 2.75) is 45.6 Å². The van der Waals surface area contributed by atoms with Gasteiger partial charge in [-0.3, -0.25) is 14.5 Å². The van der Waals surface area contributed by atoms with Gasteiger partial charge in [0, 0.05) is 5.69 Å². The van der Waals surface area contributed by atoms with Crippen LogP contribution in [0.1, 0.15) is 65.9 Å². The standard InChI is InChI=1S/C32H33NO6/c1-5-6-7-8-17-38-26-16-10-21(19-27(26)37-4)29-28-30(34)24-18-20(2)9-15-25(24)39-31(28)32(35)33(29)22-11-13-23(36-3)14-12-22/h9-16,18-19,29H,5-8,17H2,1-4H3. The van der Waals surface area contributed by atoms with E-state index in [0.29, 0.717) is 51.6 Å². The Morgan fingerprint density at radius 3 is 2.38 bits per heavy atom. The maximum absolute atomic E-state index is 13.9. The minimum atomic E-state index is -0.713. The number of carbonyl (C=O) groups is 1. The first-order valence-electron chi connectivity index (χ1n) is 13.3. The number of rotatable bonds is 10. The van der Waals surface area contributed by atoms with Crippen LogP contribution in [-0.2, 0) is 0 Å². The Balaban J connectivity index is 1.62. The van der Waals surface area contributed by atoms with Crippen molar-refractivity contribution in [3.05, 3.63) is 93.3 Å². The molecule has 1 aliphatic rings. The van der Waals surface area contributed by atoms with Gasteiger partial charge in [-0.05, 0) is 67.4 Å². The zero-order chi connectivity index (χ0) is 27.5. The number of unbranched alkanes of at least 4 members (excludes halogenated alkanes) is 3. The van der Waals surface area contributed by atoms with E-state index in [1.165, 1.54) is 6.42 Å². The number of anilines is 1. The number of nitrogens with zero attached hydrogens (tertiary/aromatic N) is 1. The van der Waals surface area contributed by atoms with E-state index in [1.54, 1.807) is 55.5 Å². The van der Waals surface area contributed by atoms with Crippen LogP contribution in [0.15, 0.2) is 69.9 Å². The molecule has 3 aromatic carbocycles. The normalized spacial score (nSPS) is 14.5. The average molecular weight is 528 g/mol. The molecule has 7 nitrogen and oxygen atoms in total. The van der Waals surface area contributed by atoms with Crippen molar-refractivity contribution in [1.82, 2.24) is 0 Å². The highest BCUT2D eigenvalue weighted by Gasteiger charge is 2.44. The molecule has 5 rings (SSSR count). The largest absolute Gasteiger partial charge is 0.497 e. The summed E-state index contributed by atoms with van der Waals surface area (Å²) in [7, 11) is 3.17. The maximum Gasteiger partial charge on any atom is 0.295 e. The summed E-state index contributed by atoms with van der Waals surface area (Å²) in [6.45, 7) is 4.69. The lowest BCUT2D eigenvalue weighted by atomic mass is 9.97. The number of ether oxygens (including phenoxy) is 3. The Kier molecular flexibility index (Phi) is 7.59. The molecule has 1 amide bonds. The molecule has 0 aliphatic carbocycles. The van der Waals surface area contributed by atoms with Crippen LogP contribution < -0.4 is 24.5 Å². The fraction of sp³-hybridized carbons (Fsp3) is 0.312. The second-order valence-electron chi connectivity index (χ2n) is 9.77. The van der Waals surface area contributed by atoms with Gasteiger partial charge in [0.25, 0.3) is 5.91 Å². The van der Waals surface area contributed by atoms with E-state index < -0.39 is 6.04 Å². The predicted molar refractivity (Wildman–Crippen MR) is 151 cm³/mol. The summed E-state index contributed by atoms with van der Waals surface area (Å²) in [5.41, 5.74) is 2.74. The van der Waals surface area contributed by atoms with Gasteiger partial charge in [-0.1, -0.05) is 43.9 Å². The first-order chi connectivity index (χ1) is 19.0. The summed E-state index contributed by atoms with van der Waals surface area (Å²) in [6, 6.07) is 17.4. The second kappa shape index (κ2) is 11.2. The number of aryl methyl sites for hydroxylation is 1. The van der Waals surface area contributed by atoms with Crippen LogP contribution in [-0.4, -0.2) is 26.7 Å². The van der Waals surface area contributed by atoms with Crippen LogP contribution in [0.3, 0.4) is 0 Å². The summed E-state index contributed by atoms with van der Waals surface area (Å²) >= 11 is 0. The molecule has 0 saturated carbocycles. The first kappa shape index (κ1) is 26.4. The molecule has 2 heterocycles. The topological polar surface area (TPSA) is 78.2 Å². The third-order valence-electron chi connectivity index (χ3n) is 7.14. The number of hydrogen-bond donors (Lipinski definition) is 0. The van der Waals surface area contributed by atoms with Gasteiger partial charge >= 0.3 is 0 Å². The lowest BCUT2D eigenvalue weighted by molar-refractivity contribution is 0.0971. The third kappa shape index (κ3) is 4.97. The fourth-order valence-electron chi connectivity index (χ4n) is 5.10. The molecule has 7 heteroatoms. The number of hydrogen-bond acceptors (Lipinski definition) is 6. The summed E-state index contributed by atoms with van der Waals surface area (Å²) < 4.78 is 23.1. The van der Waals surface area contributed by atoms with Crippen molar-refractivity contribution in [1.29, 1.82) is 0 Å². The Morgan fingerprint density at radius 2 is 1.67 bits per heavy atom. The molecular formula is C32H33NO6. The van der Waals surface area contributed by atoms with Gasteiger partial charge in [0.1, 0.15) is 11.3 Å². The van der Waals surface area contributed by atoms with E-state index in [4.69, 9.17) is 18.6 Å². The highest BCUT2D eigenvalue weighted by molar-refractivity contribution is 6.10. The number of amides is 1. The minimum absolute atomic E-state index is 0.0485. The number of methoxy groups -OCH3 is 2. The van der Waals surface area contributed by atoms with Crippen LogP contribution >= 0.6 is 0 Å². The molecule has 0 spiro atoms. The Bertz CT molecular complexity index is 1560. The average Bonchev–Trinajstić information content (AvgIpc) is 3.25. The summed E-state index contributed by atoms with van der Waals surface area (Å²) in [5, 5.41) is 0.446. The minimum Gasteiger partial charge on any atom is -0.497 e. The molecule has 4 aromatic rings. The van der Waals surface area contributed by atoms with Crippen molar-refractivity contribution < 1.29 is 23.4 Å². The molecule has 1 unspecified atom stereocenters. The highest BCUT2D eigenvalue weighted by atomic mass is 16.5.